The fraction of sp³-hybridized carbons (Fsp3) is 0.529. The summed E-state index contributed by atoms with van der Waals surface area (Å²) in [4.78, 5) is 23.6. The van der Waals surface area contributed by atoms with Crippen LogP contribution in [0.15, 0.2) is 30.3 Å². The maximum absolute atomic E-state index is 11.9. The van der Waals surface area contributed by atoms with E-state index in [1.54, 1.807) is 20.8 Å². The number of nitrogens with one attached hydrogen (secondary N) is 1. The number of benzene rings is 1. The molecule has 128 valence electrons. The number of carbonyl (C=O) groups excluding carboxylic acids is 2. The molecule has 1 rings (SSSR count). The van der Waals surface area contributed by atoms with Gasteiger partial charge in [0.1, 0.15) is 12.2 Å². The zero-order chi connectivity index (χ0) is 17.3. The molecule has 0 aliphatic carbocycles. The van der Waals surface area contributed by atoms with E-state index >= 15 is 0 Å². The van der Waals surface area contributed by atoms with Gasteiger partial charge in [-0.1, -0.05) is 30.3 Å². The van der Waals surface area contributed by atoms with Crippen LogP contribution in [0, 0.1) is 0 Å². The van der Waals surface area contributed by atoms with Crippen LogP contribution in [-0.4, -0.2) is 35.4 Å². The van der Waals surface area contributed by atoms with Gasteiger partial charge in [-0.2, -0.15) is 0 Å². The van der Waals surface area contributed by atoms with Crippen LogP contribution >= 0.6 is 0 Å². The van der Waals surface area contributed by atoms with Gasteiger partial charge >= 0.3 is 12.1 Å². The Labute approximate surface area is 136 Å². The standard InChI is InChI=1S/C17H25NO5/c1-17(2,3)23-16(21)18-14(9-10-19)11-15(20)22-12-13-7-5-4-6-8-13/h4-8,14,19H,9-12H2,1-3H3,(H,18,21)/t14-/m1/s1. The van der Waals surface area contributed by atoms with Crippen molar-refractivity contribution in [3.63, 3.8) is 0 Å². The predicted molar refractivity (Wildman–Crippen MR) is 85.7 cm³/mol. The van der Waals surface area contributed by atoms with Crippen LogP contribution in [0.5, 0.6) is 0 Å². The fourth-order valence-electron chi connectivity index (χ4n) is 1.85. The lowest BCUT2D eigenvalue weighted by molar-refractivity contribution is -0.145. The van der Waals surface area contributed by atoms with E-state index in [-0.39, 0.29) is 26.1 Å². The van der Waals surface area contributed by atoms with Gasteiger partial charge in [0.05, 0.1) is 6.42 Å². The van der Waals surface area contributed by atoms with E-state index in [4.69, 9.17) is 14.6 Å². The highest BCUT2D eigenvalue weighted by molar-refractivity contribution is 5.72. The molecule has 0 bridgehead atoms. The third-order valence-electron chi connectivity index (χ3n) is 2.85. The summed E-state index contributed by atoms with van der Waals surface area (Å²) in [6, 6.07) is 8.80. The van der Waals surface area contributed by atoms with Crippen molar-refractivity contribution < 1.29 is 24.2 Å². The van der Waals surface area contributed by atoms with Crippen LogP contribution in [0.25, 0.3) is 0 Å². The molecule has 0 unspecified atom stereocenters. The molecule has 0 aromatic heterocycles. The molecule has 0 spiro atoms. The third kappa shape index (κ3) is 8.83. The Kier molecular flexibility index (Phi) is 7.54. The molecule has 1 amide bonds. The molecule has 6 heteroatoms. The van der Waals surface area contributed by atoms with Gasteiger partial charge in [0.15, 0.2) is 0 Å². The number of aliphatic hydroxyl groups excluding tert-OH is 1. The van der Waals surface area contributed by atoms with Crippen LogP contribution in [0.4, 0.5) is 4.79 Å². The van der Waals surface area contributed by atoms with E-state index in [0.29, 0.717) is 0 Å². The minimum absolute atomic E-state index is 0.0212. The molecule has 6 nitrogen and oxygen atoms in total. The van der Waals surface area contributed by atoms with Crippen LogP contribution in [-0.2, 0) is 20.9 Å². The maximum Gasteiger partial charge on any atom is 0.407 e. The Morgan fingerprint density at radius 2 is 1.87 bits per heavy atom. The van der Waals surface area contributed by atoms with Gasteiger partial charge in [-0.05, 0) is 32.8 Å². The van der Waals surface area contributed by atoms with Gasteiger partial charge in [0.25, 0.3) is 0 Å². The second-order valence-corrected chi connectivity index (χ2v) is 6.21. The summed E-state index contributed by atoms with van der Waals surface area (Å²) in [5.41, 5.74) is 0.265. The number of alkyl carbamates (subject to hydrolysis) is 1. The fourth-order valence-corrected chi connectivity index (χ4v) is 1.85. The summed E-state index contributed by atoms with van der Waals surface area (Å²) in [6.45, 7) is 5.29. The largest absolute Gasteiger partial charge is 0.461 e. The van der Waals surface area contributed by atoms with Crippen LogP contribution in [0.2, 0.25) is 0 Å². The molecule has 0 fully saturated rings. The van der Waals surface area contributed by atoms with Crippen LogP contribution < -0.4 is 5.32 Å². The SMILES string of the molecule is CC(C)(C)OC(=O)N[C@H](CCO)CC(=O)OCc1ccccc1. The van der Waals surface area contributed by atoms with E-state index in [2.05, 4.69) is 5.32 Å². The number of amides is 1. The molecule has 1 aromatic rings. The Hall–Kier alpha value is -2.08. The molecule has 1 aromatic carbocycles. The first-order valence-electron chi connectivity index (χ1n) is 7.60. The third-order valence-corrected chi connectivity index (χ3v) is 2.85. The van der Waals surface area contributed by atoms with Crippen LogP contribution in [0.1, 0.15) is 39.2 Å². The molecule has 0 aliphatic heterocycles. The first-order valence-corrected chi connectivity index (χ1v) is 7.60. The monoisotopic (exact) mass is 323 g/mol. The number of hydrogen-bond acceptors (Lipinski definition) is 5. The summed E-state index contributed by atoms with van der Waals surface area (Å²) in [6.07, 6.45) is -0.390. The van der Waals surface area contributed by atoms with E-state index in [1.165, 1.54) is 0 Å². The normalized spacial score (nSPS) is 12.3. The predicted octanol–water partition coefficient (Wildman–Crippen LogP) is 2.40. The average Bonchev–Trinajstić information content (AvgIpc) is 2.44. The highest BCUT2D eigenvalue weighted by atomic mass is 16.6. The van der Waals surface area contributed by atoms with Crippen LogP contribution in [0.3, 0.4) is 0 Å². The maximum atomic E-state index is 11.9. The molecular formula is C17H25NO5. The highest BCUT2D eigenvalue weighted by Gasteiger charge is 2.21. The molecule has 23 heavy (non-hydrogen) atoms. The number of esters is 1. The van der Waals surface area contributed by atoms with Crippen molar-refractivity contribution in [3.8, 4) is 0 Å². The number of carbonyl (C=O) groups is 2. The van der Waals surface area contributed by atoms with E-state index in [1.807, 2.05) is 30.3 Å². The van der Waals surface area contributed by atoms with Crippen molar-refractivity contribution in [1.29, 1.82) is 0 Å². The van der Waals surface area contributed by atoms with Gasteiger partial charge in [-0.15, -0.1) is 0 Å². The topological polar surface area (TPSA) is 84.9 Å². The lowest BCUT2D eigenvalue weighted by Gasteiger charge is -2.23. The van der Waals surface area contributed by atoms with Crippen molar-refractivity contribution >= 4 is 12.1 Å². The zero-order valence-corrected chi connectivity index (χ0v) is 13.9. The minimum Gasteiger partial charge on any atom is -0.461 e. The number of ether oxygens (including phenoxy) is 2. The summed E-state index contributed by atoms with van der Waals surface area (Å²) >= 11 is 0. The van der Waals surface area contributed by atoms with Crippen molar-refractivity contribution in [2.45, 2.75) is 51.9 Å². The van der Waals surface area contributed by atoms with Crippen molar-refractivity contribution in [3.05, 3.63) is 35.9 Å². The first-order chi connectivity index (χ1) is 10.8. The number of hydrogen-bond donors (Lipinski definition) is 2. The Balaban J connectivity index is 2.44. The Bertz CT molecular complexity index is 495. The molecule has 0 heterocycles. The lowest BCUT2D eigenvalue weighted by atomic mass is 10.1. The van der Waals surface area contributed by atoms with Crippen molar-refractivity contribution in [2.75, 3.05) is 6.61 Å². The Morgan fingerprint density at radius 3 is 2.43 bits per heavy atom. The average molecular weight is 323 g/mol. The molecule has 1 atom stereocenters. The summed E-state index contributed by atoms with van der Waals surface area (Å²) in [5.74, 6) is -0.441. The summed E-state index contributed by atoms with van der Waals surface area (Å²) < 4.78 is 10.3. The summed E-state index contributed by atoms with van der Waals surface area (Å²) in [7, 11) is 0. The quantitative estimate of drug-likeness (QED) is 0.753. The van der Waals surface area contributed by atoms with E-state index in [0.717, 1.165) is 5.56 Å². The molecule has 0 saturated carbocycles. The van der Waals surface area contributed by atoms with Crippen molar-refractivity contribution in [2.24, 2.45) is 0 Å². The van der Waals surface area contributed by atoms with Crippen molar-refractivity contribution in [1.82, 2.24) is 5.32 Å². The lowest BCUT2D eigenvalue weighted by Crippen LogP contribution is -2.40. The minimum atomic E-state index is -0.623. The first kappa shape index (κ1) is 19.0. The zero-order valence-electron chi connectivity index (χ0n) is 13.9. The smallest absolute Gasteiger partial charge is 0.407 e. The van der Waals surface area contributed by atoms with Gasteiger partial charge in [0, 0.05) is 12.6 Å². The second-order valence-electron chi connectivity index (χ2n) is 6.21. The van der Waals surface area contributed by atoms with E-state index < -0.39 is 23.7 Å². The summed E-state index contributed by atoms with van der Waals surface area (Å²) in [5, 5.41) is 11.6. The molecule has 0 radical (unpaired) electrons. The van der Waals surface area contributed by atoms with Gasteiger partial charge in [-0.3, -0.25) is 4.79 Å². The number of rotatable bonds is 7. The molecule has 0 saturated heterocycles. The highest BCUT2D eigenvalue weighted by Crippen LogP contribution is 2.09. The van der Waals surface area contributed by atoms with E-state index in [9.17, 15) is 9.59 Å². The number of aliphatic hydroxyl groups is 1. The second kappa shape index (κ2) is 9.15. The van der Waals surface area contributed by atoms with Gasteiger partial charge in [0.2, 0.25) is 0 Å². The Morgan fingerprint density at radius 1 is 1.22 bits per heavy atom. The molecule has 0 aliphatic rings. The molecular weight excluding hydrogens is 298 g/mol. The van der Waals surface area contributed by atoms with Gasteiger partial charge in [-0.25, -0.2) is 4.79 Å². The van der Waals surface area contributed by atoms with Gasteiger partial charge < -0.3 is 19.9 Å². The molecule has 2 N–H and O–H groups in total.